The van der Waals surface area contributed by atoms with E-state index in [1.807, 2.05) is 6.07 Å². The number of nitrogens with zero attached hydrogens (tertiary/aromatic N) is 4. The molecule has 0 aliphatic carbocycles. The number of carbonyl (C=O) groups excluding carboxylic acids is 1. The third kappa shape index (κ3) is 3.66. The van der Waals surface area contributed by atoms with Gasteiger partial charge in [0.05, 0.1) is 18.1 Å². The quantitative estimate of drug-likeness (QED) is 0.863. The van der Waals surface area contributed by atoms with Gasteiger partial charge in [-0.3, -0.25) is 9.78 Å². The lowest BCUT2D eigenvalue weighted by atomic mass is 10.2. The van der Waals surface area contributed by atoms with Gasteiger partial charge in [-0.2, -0.15) is 5.10 Å². The van der Waals surface area contributed by atoms with Crippen molar-refractivity contribution in [3.63, 3.8) is 0 Å². The van der Waals surface area contributed by atoms with Crippen LogP contribution in [-0.4, -0.2) is 33.4 Å². The Morgan fingerprint density at radius 2 is 2.24 bits per heavy atom. The van der Waals surface area contributed by atoms with Crippen molar-refractivity contribution < 1.29 is 4.79 Å². The Kier molecular flexibility index (Phi) is 4.70. The van der Waals surface area contributed by atoms with E-state index in [1.165, 1.54) is 4.90 Å². The maximum atomic E-state index is 12.1. The predicted octanol–water partition coefficient (Wildman–Crippen LogP) is 2.70. The van der Waals surface area contributed by atoms with Crippen LogP contribution in [0.4, 0.5) is 5.69 Å². The number of pyridine rings is 1. The van der Waals surface area contributed by atoms with E-state index >= 15 is 0 Å². The fraction of sp³-hybridized carbons (Fsp3) is 0.286. The molecule has 2 rings (SSSR count). The zero-order valence-electron chi connectivity index (χ0n) is 11.9. The van der Waals surface area contributed by atoms with Crippen molar-refractivity contribution in [2.24, 2.45) is 0 Å². The molecule has 0 spiro atoms. The summed E-state index contributed by atoms with van der Waals surface area (Å²) in [7, 11) is 1.65. The van der Waals surface area contributed by atoms with E-state index < -0.39 is 0 Å². The van der Waals surface area contributed by atoms with E-state index in [9.17, 15) is 4.79 Å². The van der Waals surface area contributed by atoms with Crippen LogP contribution in [0.3, 0.4) is 0 Å². The molecule has 0 bridgehead atoms. The maximum Gasteiger partial charge on any atom is 0.227 e. The molecule has 0 saturated heterocycles. The molecule has 2 heterocycles. The molecule has 0 aliphatic rings. The monoisotopic (exact) mass is 305 g/mol. The molecule has 0 aromatic carbocycles. The van der Waals surface area contributed by atoms with Crippen LogP contribution >= 0.6 is 11.6 Å². The third-order valence-electron chi connectivity index (χ3n) is 3.01. The number of hydrogen-bond acceptors (Lipinski definition) is 4. The first-order valence-corrected chi connectivity index (χ1v) is 6.83. The van der Waals surface area contributed by atoms with Crippen molar-refractivity contribution in [2.45, 2.75) is 19.8 Å². The fourth-order valence-electron chi connectivity index (χ4n) is 1.79. The van der Waals surface area contributed by atoms with Gasteiger partial charge in [0.1, 0.15) is 5.69 Å². The first kappa shape index (κ1) is 15.2. The van der Waals surface area contributed by atoms with Gasteiger partial charge in [0, 0.05) is 25.4 Å². The van der Waals surface area contributed by atoms with E-state index in [-0.39, 0.29) is 17.5 Å². The Morgan fingerprint density at radius 1 is 1.48 bits per heavy atom. The third-order valence-corrected chi connectivity index (χ3v) is 3.28. The van der Waals surface area contributed by atoms with Crippen molar-refractivity contribution in [1.82, 2.24) is 14.8 Å². The molecule has 7 heteroatoms. The molecule has 0 atom stereocenters. The van der Waals surface area contributed by atoms with Gasteiger partial charge in [-0.05, 0) is 25.5 Å². The van der Waals surface area contributed by atoms with Gasteiger partial charge in [0.15, 0.2) is 5.15 Å². The summed E-state index contributed by atoms with van der Waals surface area (Å²) in [6.45, 7) is 1.68. The lowest BCUT2D eigenvalue weighted by molar-refractivity contribution is -0.118. The second kappa shape index (κ2) is 6.49. The first-order valence-electron chi connectivity index (χ1n) is 6.45. The minimum Gasteiger partial charge on any atom is -0.311 e. The Balaban J connectivity index is 2.19. The number of nitrogens with one attached hydrogen (secondary N) is 1. The lowest BCUT2D eigenvalue weighted by Gasteiger charge is -2.15. The summed E-state index contributed by atoms with van der Waals surface area (Å²) in [5, 5.41) is 11.8. The average molecular weight is 306 g/mol. The van der Waals surface area contributed by atoms with Gasteiger partial charge in [-0.1, -0.05) is 11.6 Å². The van der Waals surface area contributed by atoms with Gasteiger partial charge >= 0.3 is 0 Å². The summed E-state index contributed by atoms with van der Waals surface area (Å²) in [6, 6.07) is 3.65. The van der Waals surface area contributed by atoms with Crippen LogP contribution in [0.5, 0.6) is 0 Å². The summed E-state index contributed by atoms with van der Waals surface area (Å²) in [5.41, 5.74) is 1.78. The van der Waals surface area contributed by atoms with Crippen LogP contribution < -0.4 is 4.90 Å². The van der Waals surface area contributed by atoms with E-state index in [2.05, 4.69) is 10.1 Å². The van der Waals surface area contributed by atoms with Gasteiger partial charge in [0.2, 0.25) is 5.91 Å². The normalized spacial score (nSPS) is 10.4. The van der Waals surface area contributed by atoms with Crippen molar-refractivity contribution >= 4 is 28.9 Å². The number of halogens is 1. The molecule has 2 aromatic heterocycles. The minimum absolute atomic E-state index is 0.103. The summed E-state index contributed by atoms with van der Waals surface area (Å²) >= 11 is 6.11. The van der Waals surface area contributed by atoms with Crippen LogP contribution in [-0.2, 0) is 4.79 Å². The van der Waals surface area contributed by atoms with Gasteiger partial charge in [-0.15, -0.1) is 0 Å². The second-order valence-corrected chi connectivity index (χ2v) is 5.05. The zero-order valence-corrected chi connectivity index (χ0v) is 12.6. The Hall–Kier alpha value is -2.21. The van der Waals surface area contributed by atoms with Gasteiger partial charge < -0.3 is 10.3 Å². The predicted molar refractivity (Wildman–Crippen MR) is 82.4 cm³/mol. The molecule has 1 N–H and O–H groups in total. The minimum atomic E-state index is -0.103. The highest BCUT2D eigenvalue weighted by Gasteiger charge is 2.17. The van der Waals surface area contributed by atoms with Crippen molar-refractivity contribution in [1.29, 1.82) is 5.41 Å². The summed E-state index contributed by atoms with van der Waals surface area (Å²) in [4.78, 5) is 17.6. The molecule has 21 heavy (non-hydrogen) atoms. The summed E-state index contributed by atoms with van der Waals surface area (Å²) in [6.07, 6.45) is 5.74. The van der Waals surface area contributed by atoms with Crippen molar-refractivity contribution in [3.05, 3.63) is 35.9 Å². The van der Waals surface area contributed by atoms with Crippen LogP contribution in [0, 0.1) is 5.41 Å². The molecule has 0 aliphatic heterocycles. The Bertz CT molecular complexity index is 653. The van der Waals surface area contributed by atoms with Gasteiger partial charge in [0.25, 0.3) is 0 Å². The van der Waals surface area contributed by atoms with Gasteiger partial charge in [-0.25, -0.2) is 4.68 Å². The highest BCUT2D eigenvalue weighted by atomic mass is 35.5. The average Bonchev–Trinajstić information content (AvgIpc) is 2.86. The molecule has 0 fully saturated rings. The Morgan fingerprint density at radius 3 is 2.86 bits per heavy atom. The number of aromatic nitrogens is 3. The number of hydrogen-bond donors (Lipinski definition) is 1. The van der Waals surface area contributed by atoms with Crippen LogP contribution in [0.25, 0.3) is 5.69 Å². The molecule has 110 valence electrons. The SMILES string of the molecule is CC(=N)CCC(=O)N(C)c1cn(-c2cccnc2)nc1Cl. The smallest absolute Gasteiger partial charge is 0.227 e. The fourth-order valence-corrected chi connectivity index (χ4v) is 2.04. The molecule has 1 amide bonds. The van der Waals surface area contributed by atoms with E-state index in [4.69, 9.17) is 17.0 Å². The zero-order chi connectivity index (χ0) is 15.4. The van der Waals surface area contributed by atoms with Crippen LogP contribution in [0.1, 0.15) is 19.8 Å². The highest BCUT2D eigenvalue weighted by molar-refractivity contribution is 6.32. The van der Waals surface area contributed by atoms with E-state index in [0.717, 1.165) is 5.69 Å². The summed E-state index contributed by atoms with van der Waals surface area (Å²) in [5.74, 6) is -0.103. The molecular formula is C14H16ClN5O. The first-order chi connectivity index (χ1) is 9.99. The standard InChI is InChI=1S/C14H16ClN5O/c1-10(16)5-6-13(21)19(2)12-9-20(18-14(12)15)11-4-3-7-17-8-11/h3-4,7-9,16H,5-6H2,1-2H3. The maximum absolute atomic E-state index is 12.1. The molecule has 0 saturated carbocycles. The molecular weight excluding hydrogens is 290 g/mol. The second-order valence-electron chi connectivity index (χ2n) is 4.69. The van der Waals surface area contributed by atoms with Crippen molar-refractivity contribution in [2.75, 3.05) is 11.9 Å². The number of carbonyl (C=O) groups is 1. The number of rotatable bonds is 5. The van der Waals surface area contributed by atoms with E-state index in [1.54, 1.807) is 43.3 Å². The lowest BCUT2D eigenvalue weighted by Crippen LogP contribution is -2.26. The Labute approximate surface area is 127 Å². The van der Waals surface area contributed by atoms with Crippen LogP contribution in [0.15, 0.2) is 30.7 Å². The molecule has 0 unspecified atom stereocenters. The largest absolute Gasteiger partial charge is 0.311 e. The number of anilines is 1. The summed E-state index contributed by atoms with van der Waals surface area (Å²) < 4.78 is 1.58. The molecule has 2 aromatic rings. The topological polar surface area (TPSA) is 74.9 Å². The highest BCUT2D eigenvalue weighted by Crippen LogP contribution is 2.25. The molecule has 0 radical (unpaired) electrons. The van der Waals surface area contributed by atoms with Crippen LogP contribution in [0.2, 0.25) is 5.15 Å². The number of amides is 1. The van der Waals surface area contributed by atoms with E-state index in [0.29, 0.717) is 17.8 Å². The van der Waals surface area contributed by atoms with Crippen molar-refractivity contribution in [3.8, 4) is 5.69 Å². The molecule has 6 nitrogen and oxygen atoms in total.